The summed E-state index contributed by atoms with van der Waals surface area (Å²) in [5.41, 5.74) is 4.13. The van der Waals surface area contributed by atoms with Crippen molar-refractivity contribution in [2.75, 3.05) is 26.8 Å². The third-order valence-corrected chi connectivity index (χ3v) is 5.54. The van der Waals surface area contributed by atoms with Gasteiger partial charge in [-0.05, 0) is 54.2 Å². The maximum Gasteiger partial charge on any atom is 0.252 e. The first-order valence-corrected chi connectivity index (χ1v) is 10.8. The predicted octanol–water partition coefficient (Wildman–Crippen LogP) is 3.44. The molecule has 2 heterocycles. The molecular formula is C25H27N3O4. The summed E-state index contributed by atoms with van der Waals surface area (Å²) in [4.78, 5) is 30.3. The molecular weight excluding hydrogens is 406 g/mol. The Morgan fingerprint density at radius 1 is 1.19 bits per heavy atom. The van der Waals surface area contributed by atoms with Crippen LogP contribution in [0.3, 0.4) is 0 Å². The molecule has 0 saturated heterocycles. The number of nitrogens with one attached hydrogen (secondary N) is 2. The fraction of sp³-hybridized carbons (Fsp3) is 0.320. The van der Waals surface area contributed by atoms with Crippen LogP contribution in [0, 0.1) is 5.92 Å². The van der Waals surface area contributed by atoms with Gasteiger partial charge >= 0.3 is 0 Å². The zero-order chi connectivity index (χ0) is 22.5. The minimum Gasteiger partial charge on any atom is -0.465 e. The first-order chi connectivity index (χ1) is 15.6. The second-order valence-corrected chi connectivity index (χ2v) is 8.05. The summed E-state index contributed by atoms with van der Waals surface area (Å²) in [6.07, 6.45) is 5.23. The summed E-state index contributed by atoms with van der Waals surface area (Å²) in [5, 5.41) is 6.29. The SMILES string of the molecule is COCCNC(=O)CNC(=O)c1c2c(nc3ccccc13)/C(=C\c1ccco1)CC(C)C2. The molecule has 1 aromatic carbocycles. The van der Waals surface area contributed by atoms with Crippen LogP contribution in [0.4, 0.5) is 0 Å². The number of ether oxygens (including phenoxy) is 1. The minimum atomic E-state index is -0.270. The van der Waals surface area contributed by atoms with Crippen molar-refractivity contribution in [1.82, 2.24) is 15.6 Å². The van der Waals surface area contributed by atoms with E-state index in [4.69, 9.17) is 14.1 Å². The number of aromatic nitrogens is 1. The topological polar surface area (TPSA) is 93.5 Å². The van der Waals surface area contributed by atoms with Gasteiger partial charge in [-0.3, -0.25) is 9.59 Å². The second-order valence-electron chi connectivity index (χ2n) is 8.05. The number of amides is 2. The van der Waals surface area contributed by atoms with Gasteiger partial charge in [-0.25, -0.2) is 4.98 Å². The number of benzene rings is 1. The number of furan rings is 1. The number of carbonyl (C=O) groups excluding carboxylic acids is 2. The van der Waals surface area contributed by atoms with E-state index in [-0.39, 0.29) is 18.4 Å². The lowest BCUT2D eigenvalue weighted by Gasteiger charge is -2.26. The van der Waals surface area contributed by atoms with Gasteiger partial charge in [0.25, 0.3) is 5.91 Å². The first kappa shape index (κ1) is 21.8. The highest BCUT2D eigenvalue weighted by molar-refractivity contribution is 6.09. The number of nitrogens with zero attached hydrogens (tertiary/aromatic N) is 1. The van der Waals surface area contributed by atoms with E-state index in [9.17, 15) is 9.59 Å². The Bertz CT molecular complexity index is 1150. The van der Waals surface area contributed by atoms with Gasteiger partial charge in [0.15, 0.2) is 0 Å². The van der Waals surface area contributed by atoms with E-state index in [1.165, 1.54) is 0 Å². The standard InChI is InChI=1S/C25H27N3O4/c1-16-12-17(14-18-6-5-10-32-18)24-20(13-16)23(19-7-3-4-8-21(19)28-24)25(30)27-15-22(29)26-9-11-31-2/h3-8,10,14,16H,9,11-13,15H2,1-2H3,(H,26,29)(H,27,30)/b17-14-. The Balaban J connectivity index is 1.71. The molecule has 2 amide bonds. The predicted molar refractivity (Wildman–Crippen MR) is 123 cm³/mol. The van der Waals surface area contributed by atoms with E-state index in [2.05, 4.69) is 17.6 Å². The highest BCUT2D eigenvalue weighted by Crippen LogP contribution is 2.38. The lowest BCUT2D eigenvalue weighted by molar-refractivity contribution is -0.120. The molecule has 1 aliphatic carbocycles. The monoisotopic (exact) mass is 433 g/mol. The number of para-hydroxylation sites is 1. The molecule has 2 aromatic heterocycles. The van der Waals surface area contributed by atoms with Crippen LogP contribution >= 0.6 is 0 Å². The maximum atomic E-state index is 13.3. The quantitative estimate of drug-likeness (QED) is 0.557. The van der Waals surface area contributed by atoms with Crippen molar-refractivity contribution in [1.29, 1.82) is 0 Å². The molecule has 1 unspecified atom stereocenters. The van der Waals surface area contributed by atoms with Crippen molar-refractivity contribution in [3.8, 4) is 0 Å². The summed E-state index contributed by atoms with van der Waals surface area (Å²) < 4.78 is 10.5. The zero-order valence-electron chi connectivity index (χ0n) is 18.3. The molecule has 0 radical (unpaired) electrons. The summed E-state index contributed by atoms with van der Waals surface area (Å²) in [6.45, 7) is 2.89. The van der Waals surface area contributed by atoms with Gasteiger partial charge < -0.3 is 19.8 Å². The largest absolute Gasteiger partial charge is 0.465 e. The van der Waals surface area contributed by atoms with Gasteiger partial charge in [-0.15, -0.1) is 0 Å². The number of carbonyl (C=O) groups is 2. The van der Waals surface area contributed by atoms with Crippen LogP contribution in [-0.4, -0.2) is 43.6 Å². The Morgan fingerprint density at radius 3 is 2.81 bits per heavy atom. The van der Waals surface area contributed by atoms with Crippen molar-refractivity contribution in [3.05, 3.63) is 65.2 Å². The smallest absolute Gasteiger partial charge is 0.252 e. The fourth-order valence-corrected chi connectivity index (χ4v) is 4.14. The Kier molecular flexibility index (Phi) is 6.66. The van der Waals surface area contributed by atoms with Crippen molar-refractivity contribution in [2.45, 2.75) is 19.8 Å². The molecule has 0 fully saturated rings. The summed E-state index contributed by atoms with van der Waals surface area (Å²) in [6, 6.07) is 11.4. The zero-order valence-corrected chi connectivity index (χ0v) is 18.3. The van der Waals surface area contributed by atoms with Crippen molar-refractivity contribution in [2.24, 2.45) is 5.92 Å². The van der Waals surface area contributed by atoms with Crippen LogP contribution in [0.1, 0.15) is 40.7 Å². The van der Waals surface area contributed by atoms with Crippen LogP contribution in [0.15, 0.2) is 47.1 Å². The lowest BCUT2D eigenvalue weighted by atomic mass is 9.80. The number of hydrogen-bond acceptors (Lipinski definition) is 5. The molecule has 4 rings (SSSR count). The molecule has 32 heavy (non-hydrogen) atoms. The van der Waals surface area contributed by atoms with E-state index in [0.717, 1.165) is 46.3 Å². The molecule has 2 N–H and O–H groups in total. The molecule has 1 aliphatic rings. The van der Waals surface area contributed by atoms with Crippen molar-refractivity contribution >= 4 is 34.4 Å². The molecule has 0 saturated carbocycles. The molecule has 166 valence electrons. The van der Waals surface area contributed by atoms with E-state index < -0.39 is 0 Å². The van der Waals surface area contributed by atoms with Crippen LogP contribution < -0.4 is 10.6 Å². The highest BCUT2D eigenvalue weighted by Gasteiger charge is 2.28. The maximum absolute atomic E-state index is 13.3. The Hall–Kier alpha value is -3.45. The Labute approximate surface area is 186 Å². The van der Waals surface area contributed by atoms with Gasteiger partial charge in [0.2, 0.25) is 5.91 Å². The van der Waals surface area contributed by atoms with Crippen LogP contribution in [0.25, 0.3) is 22.6 Å². The Morgan fingerprint density at radius 2 is 2.03 bits per heavy atom. The van der Waals surface area contributed by atoms with Crippen molar-refractivity contribution < 1.29 is 18.7 Å². The number of hydrogen-bond donors (Lipinski definition) is 2. The van der Waals surface area contributed by atoms with Gasteiger partial charge in [0.05, 0.1) is 36.2 Å². The van der Waals surface area contributed by atoms with Gasteiger partial charge in [0, 0.05) is 19.0 Å². The highest BCUT2D eigenvalue weighted by atomic mass is 16.5. The molecule has 3 aromatic rings. The van der Waals surface area contributed by atoms with E-state index in [1.807, 2.05) is 42.5 Å². The van der Waals surface area contributed by atoms with Crippen LogP contribution in [0.2, 0.25) is 0 Å². The molecule has 7 nitrogen and oxygen atoms in total. The van der Waals surface area contributed by atoms with Crippen LogP contribution in [0.5, 0.6) is 0 Å². The van der Waals surface area contributed by atoms with Gasteiger partial charge in [0.1, 0.15) is 5.76 Å². The number of pyridine rings is 1. The molecule has 0 bridgehead atoms. The summed E-state index contributed by atoms with van der Waals surface area (Å²) in [7, 11) is 1.57. The van der Waals surface area contributed by atoms with E-state index >= 15 is 0 Å². The van der Waals surface area contributed by atoms with Crippen molar-refractivity contribution in [3.63, 3.8) is 0 Å². The number of fused-ring (bicyclic) bond motifs is 2. The van der Waals surface area contributed by atoms with E-state index in [0.29, 0.717) is 24.6 Å². The van der Waals surface area contributed by atoms with Crippen LogP contribution in [-0.2, 0) is 16.0 Å². The molecule has 0 spiro atoms. The number of allylic oxidation sites excluding steroid dienone is 1. The fourth-order valence-electron chi connectivity index (χ4n) is 4.14. The average Bonchev–Trinajstić information content (AvgIpc) is 3.29. The van der Waals surface area contributed by atoms with Gasteiger partial charge in [-0.1, -0.05) is 25.1 Å². The second kappa shape index (κ2) is 9.78. The third kappa shape index (κ3) is 4.73. The number of rotatable bonds is 7. The average molecular weight is 434 g/mol. The number of methoxy groups -OCH3 is 1. The van der Waals surface area contributed by atoms with E-state index in [1.54, 1.807) is 13.4 Å². The summed E-state index contributed by atoms with van der Waals surface area (Å²) >= 11 is 0. The minimum absolute atomic E-state index is 0.0986. The molecule has 7 heteroatoms. The summed E-state index contributed by atoms with van der Waals surface area (Å²) in [5.74, 6) is 0.576. The van der Waals surface area contributed by atoms with Gasteiger partial charge in [-0.2, -0.15) is 0 Å². The molecule has 0 aliphatic heterocycles. The third-order valence-electron chi connectivity index (χ3n) is 5.54. The first-order valence-electron chi connectivity index (χ1n) is 10.8. The lowest BCUT2D eigenvalue weighted by Crippen LogP contribution is -2.38. The molecule has 1 atom stereocenters. The normalized spacial score (nSPS) is 16.7.